The molecule has 0 bridgehead atoms. The van der Waals surface area contributed by atoms with Crippen molar-refractivity contribution < 1.29 is 9.13 Å². The van der Waals surface area contributed by atoms with Gasteiger partial charge in [-0.15, -0.1) is 0 Å². The zero-order valence-electron chi connectivity index (χ0n) is 17.9. The van der Waals surface area contributed by atoms with E-state index in [2.05, 4.69) is 31.7 Å². The lowest BCUT2D eigenvalue weighted by atomic mass is 9.77. The molecule has 0 N–H and O–H groups in total. The Kier molecular flexibility index (Phi) is 6.52. The first kappa shape index (κ1) is 20.7. The number of fused-ring (bicyclic) bond motifs is 1. The fourth-order valence-corrected chi connectivity index (χ4v) is 4.87. The van der Waals surface area contributed by atoms with E-state index in [4.69, 9.17) is 4.74 Å². The first-order valence-corrected chi connectivity index (χ1v) is 11.3. The molecular weight excluding hydrogens is 371 g/mol. The van der Waals surface area contributed by atoms with Gasteiger partial charge < -0.3 is 4.74 Å². The molecule has 0 amide bonds. The second-order valence-electron chi connectivity index (χ2n) is 8.54. The van der Waals surface area contributed by atoms with E-state index in [0.29, 0.717) is 23.5 Å². The summed E-state index contributed by atoms with van der Waals surface area (Å²) in [6.07, 6.45) is 9.54. The Morgan fingerprint density at radius 1 is 1.00 bits per heavy atom. The quantitative estimate of drug-likeness (QED) is 0.361. The lowest BCUT2D eigenvalue weighted by Crippen LogP contribution is -2.13. The number of hydrogen-bond acceptors (Lipinski definition) is 1. The molecule has 0 aliphatic heterocycles. The van der Waals surface area contributed by atoms with Gasteiger partial charge in [0, 0.05) is 10.9 Å². The predicted octanol–water partition coefficient (Wildman–Crippen LogP) is 8.28. The molecule has 0 spiro atoms. The third kappa shape index (κ3) is 4.43. The van der Waals surface area contributed by atoms with Crippen LogP contribution in [0.4, 0.5) is 4.39 Å². The number of ether oxygens (including phenoxy) is 1. The Morgan fingerprint density at radius 3 is 2.47 bits per heavy atom. The largest absolute Gasteiger partial charge is 0.490 e. The number of benzene rings is 3. The van der Waals surface area contributed by atoms with E-state index >= 15 is 4.39 Å². The minimum atomic E-state index is -0.148. The lowest BCUT2D eigenvalue weighted by molar-refractivity contribution is 0.308. The second kappa shape index (κ2) is 9.47. The van der Waals surface area contributed by atoms with Crippen LogP contribution in [0.1, 0.15) is 56.9 Å². The molecule has 3 aromatic rings. The highest BCUT2D eigenvalue weighted by molar-refractivity contribution is 5.89. The molecule has 1 fully saturated rings. The van der Waals surface area contributed by atoms with Gasteiger partial charge in [0.1, 0.15) is 18.2 Å². The summed E-state index contributed by atoms with van der Waals surface area (Å²) in [5.74, 6) is 2.14. The minimum absolute atomic E-state index is 0.148. The molecule has 3 aromatic carbocycles. The van der Waals surface area contributed by atoms with E-state index in [9.17, 15) is 0 Å². The normalized spacial score (nSPS) is 19.0. The number of rotatable bonds is 7. The fourth-order valence-electron chi connectivity index (χ4n) is 4.87. The average molecular weight is 403 g/mol. The molecule has 30 heavy (non-hydrogen) atoms. The van der Waals surface area contributed by atoms with Crippen LogP contribution in [0.3, 0.4) is 0 Å². The average Bonchev–Trinajstić information content (AvgIpc) is 2.79. The predicted molar refractivity (Wildman–Crippen MR) is 125 cm³/mol. The third-order valence-corrected chi connectivity index (χ3v) is 6.53. The van der Waals surface area contributed by atoms with Gasteiger partial charge in [-0.1, -0.05) is 74.9 Å². The van der Waals surface area contributed by atoms with Crippen molar-refractivity contribution in [1.29, 1.82) is 0 Å². The molecule has 1 nitrogen and oxygen atoms in total. The van der Waals surface area contributed by atoms with Gasteiger partial charge in [0.15, 0.2) is 0 Å². The van der Waals surface area contributed by atoms with Crippen LogP contribution in [0.2, 0.25) is 0 Å². The van der Waals surface area contributed by atoms with E-state index < -0.39 is 0 Å². The van der Waals surface area contributed by atoms with Gasteiger partial charge in [-0.2, -0.15) is 0 Å². The van der Waals surface area contributed by atoms with Crippen LogP contribution in [0.5, 0.6) is 5.75 Å². The molecule has 2 heteroatoms. The summed E-state index contributed by atoms with van der Waals surface area (Å²) in [5.41, 5.74) is 2.86. The molecule has 0 aromatic heterocycles. The van der Waals surface area contributed by atoms with Crippen LogP contribution in [0.25, 0.3) is 21.9 Å². The zero-order valence-corrected chi connectivity index (χ0v) is 17.9. The van der Waals surface area contributed by atoms with E-state index in [0.717, 1.165) is 22.6 Å². The fraction of sp³-hybridized carbons (Fsp3) is 0.357. The van der Waals surface area contributed by atoms with Crippen molar-refractivity contribution in [1.82, 2.24) is 0 Å². The molecule has 1 saturated carbocycles. The first-order chi connectivity index (χ1) is 14.7. The summed E-state index contributed by atoms with van der Waals surface area (Å²) in [6, 6.07) is 17.9. The molecular formula is C28H31FO. The van der Waals surface area contributed by atoms with Crippen molar-refractivity contribution in [2.75, 3.05) is 6.61 Å². The van der Waals surface area contributed by atoms with Crippen LogP contribution < -0.4 is 4.74 Å². The summed E-state index contributed by atoms with van der Waals surface area (Å²) in [5, 5.41) is 1.69. The summed E-state index contributed by atoms with van der Waals surface area (Å²) < 4.78 is 20.8. The maximum absolute atomic E-state index is 15.3. The maximum atomic E-state index is 15.3. The molecule has 0 radical (unpaired) electrons. The second-order valence-corrected chi connectivity index (χ2v) is 8.54. The Hall–Kier alpha value is -2.61. The van der Waals surface area contributed by atoms with E-state index in [-0.39, 0.29) is 5.82 Å². The molecule has 4 rings (SSSR count). The monoisotopic (exact) mass is 402 g/mol. The van der Waals surface area contributed by atoms with Crippen molar-refractivity contribution >= 4 is 10.8 Å². The van der Waals surface area contributed by atoms with Crippen molar-refractivity contribution in [3.8, 4) is 16.9 Å². The van der Waals surface area contributed by atoms with Crippen LogP contribution in [-0.2, 0) is 0 Å². The van der Waals surface area contributed by atoms with Crippen molar-refractivity contribution in [3.63, 3.8) is 0 Å². The molecule has 1 aliphatic carbocycles. The zero-order chi connectivity index (χ0) is 20.9. The third-order valence-electron chi connectivity index (χ3n) is 6.53. The maximum Gasteiger partial charge on any atom is 0.138 e. The highest BCUT2D eigenvalue weighted by Gasteiger charge is 2.22. The summed E-state index contributed by atoms with van der Waals surface area (Å²) in [4.78, 5) is 0. The van der Waals surface area contributed by atoms with E-state index in [1.807, 2.05) is 36.4 Å². The van der Waals surface area contributed by atoms with Gasteiger partial charge >= 0.3 is 0 Å². The Bertz CT molecular complexity index is 997. The summed E-state index contributed by atoms with van der Waals surface area (Å²) in [7, 11) is 0. The summed E-state index contributed by atoms with van der Waals surface area (Å²) in [6.45, 7) is 6.40. The van der Waals surface area contributed by atoms with E-state index in [1.54, 1.807) is 6.08 Å². The van der Waals surface area contributed by atoms with Crippen LogP contribution in [-0.4, -0.2) is 6.61 Å². The van der Waals surface area contributed by atoms with Crippen LogP contribution in [0.15, 0.2) is 67.3 Å². The van der Waals surface area contributed by atoms with Gasteiger partial charge in [0.25, 0.3) is 0 Å². The molecule has 1 aliphatic rings. The minimum Gasteiger partial charge on any atom is -0.490 e. The van der Waals surface area contributed by atoms with Gasteiger partial charge in [0.05, 0.1) is 0 Å². The van der Waals surface area contributed by atoms with Crippen LogP contribution >= 0.6 is 0 Å². The lowest BCUT2D eigenvalue weighted by Gasteiger charge is -2.28. The SMILES string of the molecule is C=CCOc1ccc(-c2ccc3cc(C4CCC(CCC)CC4)ccc3c2F)cc1. The highest BCUT2D eigenvalue weighted by Crippen LogP contribution is 2.39. The van der Waals surface area contributed by atoms with Gasteiger partial charge in [-0.05, 0) is 66.2 Å². The van der Waals surface area contributed by atoms with Gasteiger partial charge in [-0.3, -0.25) is 0 Å². The number of hydrogen-bond donors (Lipinski definition) is 0. The van der Waals surface area contributed by atoms with Crippen molar-refractivity contribution in [3.05, 3.63) is 78.6 Å². The van der Waals surface area contributed by atoms with Crippen molar-refractivity contribution in [2.45, 2.75) is 51.4 Å². The Morgan fingerprint density at radius 2 is 1.77 bits per heavy atom. The Balaban J connectivity index is 1.55. The molecule has 0 unspecified atom stereocenters. The Labute approximate surface area is 179 Å². The molecule has 0 atom stereocenters. The van der Waals surface area contributed by atoms with E-state index in [1.165, 1.54) is 44.1 Å². The molecule has 156 valence electrons. The number of halogens is 1. The smallest absolute Gasteiger partial charge is 0.138 e. The topological polar surface area (TPSA) is 9.23 Å². The van der Waals surface area contributed by atoms with Crippen LogP contribution in [0, 0.1) is 11.7 Å². The highest BCUT2D eigenvalue weighted by atomic mass is 19.1. The first-order valence-electron chi connectivity index (χ1n) is 11.3. The summed E-state index contributed by atoms with van der Waals surface area (Å²) >= 11 is 0. The standard InChI is InChI=1S/C28H31FO/c1-3-5-20-6-8-21(9-7-20)23-12-16-27-24(19-23)13-17-26(28(27)29)22-10-14-25(15-11-22)30-18-4-2/h4,10-17,19-21H,2-3,5-9,18H2,1H3. The molecule has 0 saturated heterocycles. The van der Waals surface area contributed by atoms with Gasteiger partial charge in [0.2, 0.25) is 0 Å². The van der Waals surface area contributed by atoms with Crippen molar-refractivity contribution in [2.24, 2.45) is 5.92 Å². The molecule has 0 heterocycles. The van der Waals surface area contributed by atoms with Gasteiger partial charge in [-0.25, -0.2) is 4.39 Å².